The number of halogens is 3. The second-order valence-corrected chi connectivity index (χ2v) is 17.8. The molecule has 2 saturated heterocycles. The molecule has 11 heteroatoms. The number of hydrogen-bond donors (Lipinski definition) is 1. The van der Waals surface area contributed by atoms with Crippen molar-refractivity contribution in [2.45, 2.75) is 65.1 Å². The number of hydrogen-bond acceptors (Lipinski definition) is 6. The third kappa shape index (κ3) is 6.62. The van der Waals surface area contributed by atoms with Gasteiger partial charge in [0.25, 0.3) is 0 Å². The number of aliphatic carboxylic acids is 1. The van der Waals surface area contributed by atoms with Gasteiger partial charge in [-0.1, -0.05) is 25.2 Å². The first kappa shape index (κ1) is 33.4. The third-order valence-corrected chi connectivity index (χ3v) is 12.3. The van der Waals surface area contributed by atoms with Crippen LogP contribution in [-0.4, -0.2) is 73.4 Å². The quantitative estimate of drug-likeness (QED) is 0.302. The summed E-state index contributed by atoms with van der Waals surface area (Å²) in [6, 6.07) is 12.5. The smallest absolute Gasteiger partial charge is 0.430 e. The highest BCUT2D eigenvalue weighted by Gasteiger charge is 2.41. The zero-order valence-electron chi connectivity index (χ0n) is 26.8. The van der Waals surface area contributed by atoms with Crippen molar-refractivity contribution in [2.75, 3.05) is 31.1 Å². The molecule has 1 N–H and O–H groups in total. The van der Waals surface area contributed by atoms with Crippen LogP contribution in [0.25, 0.3) is 5.57 Å². The van der Waals surface area contributed by atoms with Gasteiger partial charge >= 0.3 is 12.1 Å². The lowest BCUT2D eigenvalue weighted by atomic mass is 9.86. The van der Waals surface area contributed by atoms with Crippen LogP contribution in [-0.2, 0) is 16.1 Å². The molecule has 0 unspecified atom stereocenters. The second-order valence-electron chi connectivity index (χ2n) is 13.5. The Balaban J connectivity index is 0.000000537. The summed E-state index contributed by atoms with van der Waals surface area (Å²) >= 11 is 0. The maximum Gasteiger partial charge on any atom is 0.430 e. The average molecular weight is 653 g/mol. The molecular weight excluding hydrogens is 613 g/mol. The van der Waals surface area contributed by atoms with Crippen molar-refractivity contribution in [1.29, 1.82) is 0 Å². The van der Waals surface area contributed by atoms with E-state index in [1.54, 1.807) is 6.07 Å². The predicted molar refractivity (Wildman–Crippen MR) is 172 cm³/mol. The highest BCUT2D eigenvalue weighted by molar-refractivity contribution is 6.98. The van der Waals surface area contributed by atoms with E-state index in [9.17, 15) is 23.1 Å². The van der Waals surface area contributed by atoms with E-state index in [0.717, 1.165) is 42.9 Å². The number of allylic oxidation sites excluding steroid dienone is 5. The van der Waals surface area contributed by atoms with Crippen molar-refractivity contribution in [2.24, 2.45) is 0 Å². The van der Waals surface area contributed by atoms with Crippen LogP contribution < -0.4 is 15.2 Å². The van der Waals surface area contributed by atoms with E-state index in [-0.39, 0.29) is 12.6 Å². The molecular formula is C35H39F3N2O5Si. The zero-order chi connectivity index (χ0) is 33.6. The van der Waals surface area contributed by atoms with Gasteiger partial charge in [-0.3, -0.25) is 0 Å². The number of aliphatic hydroxyl groups excluding tert-OH is 1. The number of fused-ring (bicyclic) bond motifs is 2. The number of esters is 1. The molecule has 46 heavy (non-hydrogen) atoms. The fraction of sp³-hybridized carbons (Fsp3) is 0.400. The van der Waals surface area contributed by atoms with Gasteiger partial charge in [-0.2, -0.15) is 13.2 Å². The molecule has 6 rings (SSSR count). The Labute approximate surface area is 268 Å². The minimum Gasteiger partial charge on any atom is -0.542 e. The number of rotatable bonds is 4. The molecule has 0 atom stereocenters. The van der Waals surface area contributed by atoms with Crippen LogP contribution in [0.1, 0.15) is 60.7 Å². The molecule has 0 amide bonds. The number of aliphatic hydroxyl groups is 1. The molecule has 0 aromatic heterocycles. The van der Waals surface area contributed by atoms with E-state index in [1.165, 1.54) is 45.8 Å². The lowest BCUT2D eigenvalue weighted by Gasteiger charge is -2.40. The maximum atomic E-state index is 13.1. The Morgan fingerprint density at radius 1 is 1.00 bits per heavy atom. The largest absolute Gasteiger partial charge is 0.542 e. The molecule has 3 heterocycles. The van der Waals surface area contributed by atoms with E-state index in [4.69, 9.17) is 14.6 Å². The number of ether oxygens (including phenoxy) is 1. The number of nitrogens with zero attached hydrogens (tertiary/aromatic N) is 2. The van der Waals surface area contributed by atoms with Crippen LogP contribution in [0.5, 0.6) is 0 Å². The Hall–Kier alpha value is -3.96. The number of carbonyl (C=O) groups is 2. The van der Waals surface area contributed by atoms with Gasteiger partial charge in [-0.15, -0.1) is 0 Å². The van der Waals surface area contributed by atoms with Crippen LogP contribution in [0.3, 0.4) is 0 Å². The van der Waals surface area contributed by atoms with Gasteiger partial charge in [-0.05, 0) is 95.8 Å². The monoisotopic (exact) mass is 652 g/mol. The minimum absolute atomic E-state index is 0.101. The van der Waals surface area contributed by atoms with Crippen molar-refractivity contribution in [3.63, 3.8) is 0 Å². The summed E-state index contributed by atoms with van der Waals surface area (Å²) in [7, 11) is -2.06. The third-order valence-electron chi connectivity index (χ3n) is 8.75. The van der Waals surface area contributed by atoms with Crippen LogP contribution in [0.15, 0.2) is 65.4 Å². The Kier molecular flexibility index (Phi) is 8.95. The van der Waals surface area contributed by atoms with Gasteiger partial charge in [0.05, 0.1) is 18.6 Å². The summed E-state index contributed by atoms with van der Waals surface area (Å²) in [5.41, 5.74) is 7.78. The summed E-state index contributed by atoms with van der Waals surface area (Å²) in [5, 5.41) is 22.1. The van der Waals surface area contributed by atoms with Gasteiger partial charge in [0.15, 0.2) is 5.71 Å². The number of carboxylic acids is 1. The molecule has 0 bridgehead atoms. The van der Waals surface area contributed by atoms with E-state index < -0.39 is 25.8 Å². The van der Waals surface area contributed by atoms with Gasteiger partial charge in [0.2, 0.25) is 0 Å². The minimum atomic E-state index is -5.19. The first-order valence-corrected chi connectivity index (χ1v) is 18.4. The van der Waals surface area contributed by atoms with Crippen molar-refractivity contribution >= 4 is 42.2 Å². The van der Waals surface area contributed by atoms with Gasteiger partial charge in [0.1, 0.15) is 32.7 Å². The van der Waals surface area contributed by atoms with Crippen molar-refractivity contribution in [3.8, 4) is 0 Å². The number of anilines is 1. The molecule has 2 aromatic carbocycles. The van der Waals surface area contributed by atoms with Crippen LogP contribution in [0.4, 0.5) is 18.9 Å². The molecule has 2 aromatic rings. The first-order chi connectivity index (χ1) is 21.5. The molecule has 4 aliphatic rings. The number of benzene rings is 2. The standard InChI is InChI=1S/C33H39N2O3Si.C2HF3O2/c1-33(2,3)38-32(37)22-8-9-23(21-36)28(18-22)31-26-12-10-24(34-14-6-15-34)19-29(26)39(4,5)30-20-25(11-13-27(30)31)35-16-7-17-35;3-2(4,5)1(6)7/h8-13,18-20,36H,6-7,14-17,21H2,1-5H3;(H,6,7)/q+1;/p-1. The van der Waals surface area contributed by atoms with E-state index in [1.807, 2.05) is 32.9 Å². The second kappa shape index (κ2) is 12.3. The molecule has 244 valence electrons. The fourth-order valence-electron chi connectivity index (χ4n) is 6.07. The van der Waals surface area contributed by atoms with Crippen LogP contribution in [0, 0.1) is 0 Å². The SMILES string of the molecule is CC(C)(C)OC(=O)c1ccc(CO)c(C2=C3C=CC(=[N+]4CCC4)C=C3[Si](C)(C)c3cc(N4CCC4)ccc32)c1.O=C([O-])C(F)(F)F. The summed E-state index contributed by atoms with van der Waals surface area (Å²) in [4.78, 5) is 24.4. The van der Waals surface area contributed by atoms with Crippen molar-refractivity contribution in [1.82, 2.24) is 0 Å². The fourth-order valence-corrected chi connectivity index (χ4v) is 9.14. The molecule has 3 aliphatic heterocycles. The summed E-state index contributed by atoms with van der Waals surface area (Å²) in [6.45, 7) is 14.9. The number of carbonyl (C=O) groups excluding carboxylic acids is 2. The van der Waals surface area contributed by atoms with Gasteiger partial charge < -0.3 is 24.6 Å². The Bertz CT molecular complexity index is 1700. The first-order valence-electron chi connectivity index (χ1n) is 15.4. The molecule has 1 aliphatic carbocycles. The average Bonchev–Trinajstić information content (AvgIpc) is 2.91. The normalized spacial score (nSPS) is 18.4. The molecule has 0 spiro atoms. The number of alkyl halides is 3. The summed E-state index contributed by atoms with van der Waals surface area (Å²) in [5.74, 6) is -3.35. The maximum absolute atomic E-state index is 13.1. The molecule has 2 fully saturated rings. The van der Waals surface area contributed by atoms with E-state index >= 15 is 0 Å². The van der Waals surface area contributed by atoms with Gasteiger partial charge in [0, 0.05) is 30.9 Å². The van der Waals surface area contributed by atoms with Crippen molar-refractivity contribution in [3.05, 3.63) is 87.6 Å². The van der Waals surface area contributed by atoms with Crippen LogP contribution >= 0.6 is 0 Å². The highest BCUT2D eigenvalue weighted by Crippen LogP contribution is 2.43. The molecule has 7 nitrogen and oxygen atoms in total. The van der Waals surface area contributed by atoms with Crippen molar-refractivity contribution < 1.29 is 42.3 Å². The number of carboxylic acid groups (broad SMARTS) is 1. The van der Waals surface area contributed by atoms with E-state index in [0.29, 0.717) is 5.56 Å². The zero-order valence-corrected chi connectivity index (χ0v) is 27.8. The lowest BCUT2D eigenvalue weighted by Crippen LogP contribution is -2.50. The topological polar surface area (TPSA) is 92.9 Å². The lowest BCUT2D eigenvalue weighted by molar-refractivity contribution is -0.582. The summed E-state index contributed by atoms with van der Waals surface area (Å²) < 4.78 is 39.7. The Morgan fingerprint density at radius 3 is 2.20 bits per heavy atom. The van der Waals surface area contributed by atoms with Crippen LogP contribution in [0.2, 0.25) is 13.1 Å². The van der Waals surface area contributed by atoms with E-state index in [2.05, 4.69) is 59.0 Å². The molecule has 0 saturated carbocycles. The van der Waals surface area contributed by atoms with Gasteiger partial charge in [-0.25, -0.2) is 9.37 Å². The molecule has 0 radical (unpaired) electrons. The highest BCUT2D eigenvalue weighted by atomic mass is 28.3. The Morgan fingerprint density at radius 2 is 1.67 bits per heavy atom. The predicted octanol–water partition coefficient (Wildman–Crippen LogP) is 4.27. The summed E-state index contributed by atoms with van der Waals surface area (Å²) in [6.07, 6.45) is 4.25.